The van der Waals surface area contributed by atoms with Crippen LogP contribution in [0.2, 0.25) is 0 Å². The summed E-state index contributed by atoms with van der Waals surface area (Å²) in [6.07, 6.45) is 36.4. The molecule has 628 valence electrons. The molecule has 13 rings (SSSR count). The zero-order valence-electron chi connectivity index (χ0n) is 75.2. The van der Waals surface area contributed by atoms with Crippen LogP contribution < -0.4 is 0 Å². The molecule has 1 heteroatoms. The summed E-state index contributed by atoms with van der Waals surface area (Å²) in [5.74, 6) is 0. The Labute approximate surface area is 729 Å². The molecule has 0 saturated heterocycles. The summed E-state index contributed by atoms with van der Waals surface area (Å²) in [4.78, 5) is 0. The molecule has 13 aromatic carbocycles. The molecule has 1 N–H and O–H groups in total. The smallest absolute Gasteiger partial charge is 0.0790 e. The van der Waals surface area contributed by atoms with Gasteiger partial charge in [0, 0.05) is 0 Å². The molecule has 1 atom stereocenters. The van der Waals surface area contributed by atoms with E-state index in [1.807, 2.05) is 6.07 Å². The van der Waals surface area contributed by atoms with Gasteiger partial charge >= 0.3 is 0 Å². The molecule has 0 aliphatic heterocycles. The number of aryl methyl sites for hydroxylation is 19. The molecule has 0 heterocycles. The van der Waals surface area contributed by atoms with Crippen molar-refractivity contribution in [2.75, 3.05) is 0 Å². The summed E-state index contributed by atoms with van der Waals surface area (Å²) in [5, 5.41) is 10.0. The van der Waals surface area contributed by atoms with Crippen LogP contribution in [-0.4, -0.2) is 5.11 Å². The molecule has 0 bridgehead atoms. The molecule has 0 saturated carbocycles. The van der Waals surface area contributed by atoms with Crippen molar-refractivity contribution < 1.29 is 5.11 Å². The van der Waals surface area contributed by atoms with Crippen molar-refractivity contribution in [2.24, 2.45) is 0 Å². The van der Waals surface area contributed by atoms with Crippen LogP contribution >= 0.6 is 0 Å². The van der Waals surface area contributed by atoms with E-state index in [0.29, 0.717) is 0 Å². The molecule has 0 fully saturated rings. The second-order valence-corrected chi connectivity index (χ2v) is 33.2. The minimum Gasteiger partial charge on any atom is -0.388 e. The maximum atomic E-state index is 10.0. The minimum absolute atomic E-state index is 0.311. The lowest BCUT2D eigenvalue weighted by Crippen LogP contribution is -1.98. The van der Waals surface area contributed by atoms with E-state index >= 15 is 0 Å². The zero-order chi connectivity index (χ0) is 84.7. The van der Waals surface area contributed by atoms with Crippen LogP contribution in [-0.2, 0) is 109 Å². The van der Waals surface area contributed by atoms with Gasteiger partial charge in [0.25, 0.3) is 0 Å². The van der Waals surface area contributed by atoms with Gasteiger partial charge in [-0.25, -0.2) is 0 Å². The Hall–Kier alpha value is -10.2. The first-order valence-electron chi connectivity index (χ1n) is 46.4. The summed E-state index contributed by atoms with van der Waals surface area (Å²) in [5.41, 5.74) is 32.7. The summed E-state index contributed by atoms with van der Waals surface area (Å²) < 4.78 is 0. The molecule has 0 radical (unpaired) electrons. The summed E-state index contributed by atoms with van der Waals surface area (Å²) in [6.45, 7) is 20.0. The van der Waals surface area contributed by atoms with Gasteiger partial charge in [-0.3, -0.25) is 0 Å². The zero-order valence-corrected chi connectivity index (χ0v) is 75.2. The monoisotopic (exact) mass is 1590 g/mol. The van der Waals surface area contributed by atoms with E-state index < -0.39 is 0 Å². The van der Waals surface area contributed by atoms with Crippen LogP contribution in [0.1, 0.15) is 254 Å². The topological polar surface area (TPSA) is 20.2 Å². The Bertz CT molecular complexity index is 4810. The van der Waals surface area contributed by atoms with E-state index in [2.05, 4.69) is 390 Å². The third-order valence-electron chi connectivity index (χ3n) is 23.0. The summed E-state index contributed by atoms with van der Waals surface area (Å²) in [6, 6.07) is 121. The Kier molecular flexibility index (Phi) is 46.0. The fourth-order valence-electron chi connectivity index (χ4n) is 15.7. The average molecular weight is 1590 g/mol. The van der Waals surface area contributed by atoms with Crippen molar-refractivity contribution in [3.05, 3.63) is 450 Å². The molecule has 0 aromatic heterocycles. The quantitative estimate of drug-likeness (QED) is 0.0407. The Morgan fingerprint density at radius 2 is 0.442 bits per heavy atom. The van der Waals surface area contributed by atoms with Crippen LogP contribution in [0.15, 0.2) is 334 Å². The summed E-state index contributed by atoms with van der Waals surface area (Å²) >= 11 is 0. The van der Waals surface area contributed by atoms with Gasteiger partial charge in [0.05, 0.1) is 6.10 Å². The molecule has 1 unspecified atom stereocenters. The molecule has 13 aromatic rings. The van der Waals surface area contributed by atoms with Gasteiger partial charge in [-0.15, -0.1) is 0 Å². The average Bonchev–Trinajstić information content (AvgIpc) is 0.871. The van der Waals surface area contributed by atoms with Crippen molar-refractivity contribution in [3.8, 4) is 11.1 Å². The van der Waals surface area contributed by atoms with Gasteiger partial charge in [-0.2, -0.15) is 0 Å². The Balaban J connectivity index is 0.000000180. The second-order valence-electron chi connectivity index (χ2n) is 33.2. The maximum absolute atomic E-state index is 10.0. The van der Waals surface area contributed by atoms with Crippen molar-refractivity contribution in [1.29, 1.82) is 0 Å². The fourth-order valence-corrected chi connectivity index (χ4v) is 15.7. The van der Waals surface area contributed by atoms with Crippen molar-refractivity contribution in [3.63, 3.8) is 0 Å². The maximum Gasteiger partial charge on any atom is 0.0790 e. The first-order valence-corrected chi connectivity index (χ1v) is 46.4. The van der Waals surface area contributed by atoms with E-state index in [9.17, 15) is 5.11 Å². The first kappa shape index (κ1) is 95.3. The molecular weight excluding hydrogens is 1450 g/mol. The number of hydrogen-bond acceptors (Lipinski definition) is 1. The van der Waals surface area contributed by atoms with E-state index in [0.717, 1.165) is 89.0 Å². The van der Waals surface area contributed by atoms with Crippen LogP contribution in [0, 0.1) is 20.8 Å². The molecule has 0 aliphatic carbocycles. The normalized spacial score (nSPS) is 10.9. The predicted molar refractivity (Wildman–Crippen MR) is 524 cm³/mol. The van der Waals surface area contributed by atoms with Gasteiger partial charge in [0.1, 0.15) is 0 Å². The largest absolute Gasteiger partial charge is 0.388 e. The van der Waals surface area contributed by atoms with Crippen LogP contribution in [0.3, 0.4) is 0 Å². The fraction of sp³-hybridized carbons (Fsp3) is 0.345. The van der Waals surface area contributed by atoms with E-state index in [1.165, 1.54) is 238 Å². The number of unbranched alkanes of at least 4 members (excludes halogenated alkanes) is 5. The van der Waals surface area contributed by atoms with Gasteiger partial charge < -0.3 is 5.11 Å². The second kappa shape index (κ2) is 57.9. The first-order chi connectivity index (χ1) is 58.9. The van der Waals surface area contributed by atoms with Gasteiger partial charge in [-0.1, -0.05) is 414 Å². The summed E-state index contributed by atoms with van der Waals surface area (Å²) in [7, 11) is 0. The number of hydrogen-bond donors (Lipinski definition) is 1. The molecule has 0 spiro atoms. The van der Waals surface area contributed by atoms with E-state index in [-0.39, 0.29) is 6.10 Å². The van der Waals surface area contributed by atoms with Gasteiger partial charge in [-0.05, 0) is 309 Å². The number of benzene rings is 13. The molecule has 1 nitrogen and oxygen atoms in total. The molecular formula is C119H146O. The lowest BCUT2D eigenvalue weighted by molar-refractivity contribution is 0.166. The van der Waals surface area contributed by atoms with Gasteiger partial charge in [0.15, 0.2) is 0 Å². The van der Waals surface area contributed by atoms with Gasteiger partial charge in [0.2, 0.25) is 0 Å². The third-order valence-corrected chi connectivity index (χ3v) is 23.0. The standard InChI is InChI=1S/C24H26.C20H26.C19H24O.2C19H24.C18H22/c1-2-3-9-20-10-7-11-21(18-20)16-17-22-12-8-15-24(19-22)23-13-5-4-6-14-23;1-4-5-10-18-11-7-12-19(15-18)13-14-20-16(2)8-6-9-17(20)3;1-2-8-19(20)18-14-7-13-17(15-18)12-6-11-16-9-4-3-5-10-16;1-3-4-9-17-10-7-11-18(15-17)13-14-19-12-6-5-8-16(19)2;1-2-3-9-18-14-8-15-19(16-18)13-7-12-17-10-5-4-6-11-17;1-2-3-8-17-11-7-12-18(15-17)14-13-16-9-5-4-6-10-16/h4-8,10-15,18-19H,2-3,9,16-17H2,1H3;6-9,11-12,15H,4-5,10,13-14H2,1-3H3;3-5,7,9-10,13-15,19-20H,2,6,8,11-12H2,1H3;5-8,10-12,15H,3-4,9,13-14H2,1-2H3;4-6,8,10-11,14-16H,2-3,7,9,12-13H2,1H3;4-7,9-12,15H,2-3,8,13-14H2,1H3. The highest BCUT2D eigenvalue weighted by Gasteiger charge is 2.10. The molecule has 0 amide bonds. The minimum atomic E-state index is -0.311. The SMILES string of the molecule is CCCC(O)c1cccc(CCCc2ccccc2)c1.CCCCc1cccc(CCCc2ccccc2)c1.CCCCc1cccc(CCc2c(C)cccc2C)c1.CCCCc1cccc(CCc2cccc(-c3ccccc3)c2)c1.CCCCc1cccc(CCc2ccccc2)c1.CCCCc1cccc(CCc2ccccc2C)c1. The van der Waals surface area contributed by atoms with E-state index in [4.69, 9.17) is 0 Å². The van der Waals surface area contributed by atoms with Crippen LogP contribution in [0.5, 0.6) is 0 Å². The number of aliphatic hydroxyl groups excluding tert-OH is 1. The predicted octanol–water partition coefficient (Wildman–Crippen LogP) is 31.7. The Morgan fingerprint density at radius 3 is 0.817 bits per heavy atom. The van der Waals surface area contributed by atoms with Crippen molar-refractivity contribution in [2.45, 2.75) is 267 Å². The number of rotatable bonds is 39. The van der Waals surface area contributed by atoms with Crippen molar-refractivity contribution in [1.82, 2.24) is 0 Å². The molecule has 0 aliphatic rings. The lowest BCUT2D eigenvalue weighted by Gasteiger charge is -2.11. The van der Waals surface area contributed by atoms with Crippen LogP contribution in [0.25, 0.3) is 11.1 Å². The van der Waals surface area contributed by atoms with E-state index in [1.54, 1.807) is 0 Å². The van der Waals surface area contributed by atoms with Crippen LogP contribution in [0.4, 0.5) is 0 Å². The Morgan fingerprint density at radius 1 is 0.192 bits per heavy atom. The third kappa shape index (κ3) is 38.0. The molecule has 120 heavy (non-hydrogen) atoms. The highest BCUT2D eigenvalue weighted by atomic mass is 16.3. The van der Waals surface area contributed by atoms with Crippen molar-refractivity contribution >= 4 is 0 Å². The highest BCUT2D eigenvalue weighted by molar-refractivity contribution is 5.64. The highest BCUT2D eigenvalue weighted by Crippen LogP contribution is 2.25. The number of aliphatic hydroxyl groups is 1. The lowest BCUT2D eigenvalue weighted by atomic mass is 9.95.